The summed E-state index contributed by atoms with van der Waals surface area (Å²) in [6.07, 6.45) is 0. The Morgan fingerprint density at radius 1 is 1.00 bits per heavy atom. The average Bonchev–Trinajstić information content (AvgIpc) is 3.21. The number of rotatable bonds is 5. The fraction of sp³-hybridized carbons (Fsp3) is 0.0870. The Morgan fingerprint density at radius 3 is 2.57 bits per heavy atom. The Hall–Kier alpha value is -3.22. The second kappa shape index (κ2) is 8.65. The third-order valence-electron chi connectivity index (χ3n) is 4.66. The molecule has 0 fully saturated rings. The number of hydrogen-bond donors (Lipinski definition) is 2. The summed E-state index contributed by atoms with van der Waals surface area (Å²) in [6.45, 7) is 1.61. The van der Waals surface area contributed by atoms with Crippen LogP contribution in [-0.2, 0) is 4.79 Å². The van der Waals surface area contributed by atoms with Gasteiger partial charge in [-0.05, 0) is 29.8 Å². The number of carbonyl (C=O) groups excluding carboxylic acids is 2. The normalized spacial score (nSPS) is 11.8. The van der Waals surface area contributed by atoms with Crippen molar-refractivity contribution in [3.8, 4) is 11.3 Å². The number of nitrogens with one attached hydrogen (secondary N) is 2. The number of benzene rings is 3. The fourth-order valence-corrected chi connectivity index (χ4v) is 4.04. The van der Waals surface area contributed by atoms with Crippen molar-refractivity contribution in [2.75, 3.05) is 5.32 Å². The molecule has 0 aliphatic rings. The van der Waals surface area contributed by atoms with Crippen LogP contribution < -0.4 is 10.6 Å². The monoisotopic (exact) mass is 435 g/mol. The van der Waals surface area contributed by atoms with Crippen LogP contribution in [0.4, 0.5) is 5.13 Å². The topological polar surface area (TPSA) is 71.1 Å². The highest BCUT2D eigenvalue weighted by atomic mass is 35.5. The predicted molar refractivity (Wildman–Crippen MR) is 122 cm³/mol. The molecule has 0 aliphatic carbocycles. The maximum atomic E-state index is 12.5. The fourth-order valence-electron chi connectivity index (χ4n) is 3.10. The van der Waals surface area contributed by atoms with Crippen molar-refractivity contribution in [3.63, 3.8) is 0 Å². The van der Waals surface area contributed by atoms with Crippen LogP contribution in [0.3, 0.4) is 0 Å². The van der Waals surface area contributed by atoms with E-state index in [2.05, 4.69) is 33.8 Å². The molecule has 0 saturated carbocycles. The molecule has 1 atom stereocenters. The lowest BCUT2D eigenvalue weighted by atomic mass is 10.0. The second-order valence-electron chi connectivity index (χ2n) is 6.73. The minimum Gasteiger partial charge on any atom is -0.340 e. The molecule has 4 aromatic rings. The smallest absolute Gasteiger partial charge is 0.253 e. The highest BCUT2D eigenvalue weighted by molar-refractivity contribution is 7.14. The van der Waals surface area contributed by atoms with Crippen LogP contribution in [0.1, 0.15) is 17.3 Å². The van der Waals surface area contributed by atoms with E-state index in [4.69, 9.17) is 11.6 Å². The van der Waals surface area contributed by atoms with E-state index in [9.17, 15) is 9.59 Å². The van der Waals surface area contributed by atoms with Gasteiger partial charge in [-0.15, -0.1) is 11.3 Å². The van der Waals surface area contributed by atoms with Crippen LogP contribution in [-0.4, -0.2) is 22.8 Å². The molecule has 0 aliphatic heterocycles. The number of fused-ring (bicyclic) bond motifs is 1. The first-order chi connectivity index (χ1) is 14.5. The van der Waals surface area contributed by atoms with Gasteiger partial charge in [-0.25, -0.2) is 4.98 Å². The summed E-state index contributed by atoms with van der Waals surface area (Å²) in [5.74, 6) is -0.756. The van der Waals surface area contributed by atoms with E-state index in [0.29, 0.717) is 15.7 Å². The van der Waals surface area contributed by atoms with Gasteiger partial charge in [0.1, 0.15) is 6.04 Å². The molecule has 0 bridgehead atoms. The summed E-state index contributed by atoms with van der Waals surface area (Å²) in [6, 6.07) is 20.1. The van der Waals surface area contributed by atoms with Gasteiger partial charge in [-0.3, -0.25) is 9.59 Å². The van der Waals surface area contributed by atoms with Crippen LogP contribution in [0, 0.1) is 0 Å². The zero-order valence-corrected chi connectivity index (χ0v) is 17.6. The average molecular weight is 436 g/mol. The number of aromatic nitrogens is 1. The summed E-state index contributed by atoms with van der Waals surface area (Å²) in [5, 5.41) is 10.4. The number of nitrogens with zero attached hydrogens (tertiary/aromatic N) is 1. The number of carbonyl (C=O) groups is 2. The maximum absolute atomic E-state index is 12.5. The van der Waals surface area contributed by atoms with Crippen molar-refractivity contribution >= 4 is 50.7 Å². The summed E-state index contributed by atoms with van der Waals surface area (Å²) in [5.41, 5.74) is 2.12. The molecule has 0 radical (unpaired) electrons. The molecule has 30 heavy (non-hydrogen) atoms. The lowest BCUT2D eigenvalue weighted by Crippen LogP contribution is -2.41. The molecule has 1 heterocycles. The standard InChI is InChI=1S/C23H18ClN3O2S/c1-14(25-22(29)18-10-4-5-12-19(18)24)21(28)27-23-26-20(13-30-23)17-11-6-8-15-7-2-3-9-16(15)17/h2-14H,1H3,(H,25,29)(H,26,27,28). The molecule has 1 aromatic heterocycles. The molecule has 1 unspecified atom stereocenters. The molecule has 0 spiro atoms. The summed E-state index contributed by atoms with van der Waals surface area (Å²) in [7, 11) is 0. The lowest BCUT2D eigenvalue weighted by molar-refractivity contribution is -0.117. The molecule has 4 rings (SSSR count). The lowest BCUT2D eigenvalue weighted by Gasteiger charge is -2.13. The van der Waals surface area contributed by atoms with Crippen LogP contribution in [0.15, 0.2) is 72.1 Å². The molecule has 2 amide bonds. The first-order valence-corrected chi connectivity index (χ1v) is 10.6. The summed E-state index contributed by atoms with van der Waals surface area (Å²) < 4.78 is 0. The Balaban J connectivity index is 1.46. The van der Waals surface area contributed by atoms with Gasteiger partial charge in [0, 0.05) is 10.9 Å². The van der Waals surface area contributed by atoms with Gasteiger partial charge >= 0.3 is 0 Å². The first kappa shape index (κ1) is 20.1. The quantitative estimate of drug-likeness (QED) is 0.442. The molecule has 5 nitrogen and oxygen atoms in total. The Bertz CT molecular complexity index is 1230. The van der Waals surface area contributed by atoms with E-state index < -0.39 is 11.9 Å². The number of anilines is 1. The summed E-state index contributed by atoms with van der Waals surface area (Å²) in [4.78, 5) is 29.4. The van der Waals surface area contributed by atoms with Crippen LogP contribution in [0.5, 0.6) is 0 Å². The van der Waals surface area contributed by atoms with Gasteiger partial charge < -0.3 is 10.6 Å². The third-order valence-corrected chi connectivity index (χ3v) is 5.75. The Morgan fingerprint density at radius 2 is 1.73 bits per heavy atom. The van der Waals surface area contributed by atoms with Crippen molar-refractivity contribution < 1.29 is 9.59 Å². The molecule has 150 valence electrons. The van der Waals surface area contributed by atoms with Crippen molar-refractivity contribution in [3.05, 3.63) is 82.7 Å². The third kappa shape index (κ3) is 4.20. The zero-order valence-electron chi connectivity index (χ0n) is 16.1. The maximum Gasteiger partial charge on any atom is 0.253 e. The van der Waals surface area contributed by atoms with Gasteiger partial charge in [0.25, 0.3) is 5.91 Å². The van der Waals surface area contributed by atoms with E-state index >= 15 is 0 Å². The van der Waals surface area contributed by atoms with Crippen molar-refractivity contribution in [2.45, 2.75) is 13.0 Å². The Kier molecular flexibility index (Phi) is 5.79. The molecule has 3 aromatic carbocycles. The number of amides is 2. The van der Waals surface area contributed by atoms with Crippen LogP contribution in [0.25, 0.3) is 22.0 Å². The second-order valence-corrected chi connectivity index (χ2v) is 7.99. The molecular formula is C23H18ClN3O2S. The van der Waals surface area contributed by atoms with Gasteiger partial charge in [-0.2, -0.15) is 0 Å². The summed E-state index contributed by atoms with van der Waals surface area (Å²) >= 11 is 7.38. The molecule has 7 heteroatoms. The number of hydrogen-bond acceptors (Lipinski definition) is 4. The van der Waals surface area contributed by atoms with E-state index in [1.165, 1.54) is 11.3 Å². The molecular weight excluding hydrogens is 418 g/mol. The van der Waals surface area contributed by atoms with Crippen LogP contribution >= 0.6 is 22.9 Å². The van der Waals surface area contributed by atoms with Gasteiger partial charge in [0.2, 0.25) is 5.91 Å². The van der Waals surface area contributed by atoms with Crippen molar-refractivity contribution in [1.82, 2.24) is 10.3 Å². The minimum atomic E-state index is -0.751. The van der Waals surface area contributed by atoms with Crippen molar-refractivity contribution in [1.29, 1.82) is 0 Å². The van der Waals surface area contributed by atoms with Gasteiger partial charge in [0.05, 0.1) is 16.3 Å². The molecule has 0 saturated heterocycles. The van der Waals surface area contributed by atoms with E-state index in [0.717, 1.165) is 22.0 Å². The van der Waals surface area contributed by atoms with E-state index in [1.54, 1.807) is 31.2 Å². The van der Waals surface area contributed by atoms with E-state index in [-0.39, 0.29) is 5.91 Å². The molecule has 2 N–H and O–H groups in total. The highest BCUT2D eigenvalue weighted by Crippen LogP contribution is 2.31. The van der Waals surface area contributed by atoms with Gasteiger partial charge in [0.15, 0.2) is 5.13 Å². The number of halogens is 1. The zero-order chi connectivity index (χ0) is 21.1. The predicted octanol–water partition coefficient (Wildman–Crippen LogP) is 5.37. The first-order valence-electron chi connectivity index (χ1n) is 9.33. The number of thiazole rings is 1. The minimum absolute atomic E-state index is 0.325. The SMILES string of the molecule is CC(NC(=O)c1ccccc1Cl)C(=O)Nc1nc(-c2cccc3ccccc23)cs1. The largest absolute Gasteiger partial charge is 0.340 e. The van der Waals surface area contributed by atoms with E-state index in [1.807, 2.05) is 29.6 Å². The van der Waals surface area contributed by atoms with Gasteiger partial charge in [-0.1, -0.05) is 66.2 Å². The van der Waals surface area contributed by atoms with Crippen LogP contribution in [0.2, 0.25) is 5.02 Å². The van der Waals surface area contributed by atoms with Crippen molar-refractivity contribution in [2.24, 2.45) is 0 Å². The highest BCUT2D eigenvalue weighted by Gasteiger charge is 2.19. The Labute approximate surface area is 182 Å².